The molecule has 3 amide bonds. The van der Waals surface area contributed by atoms with E-state index in [9.17, 15) is 14.4 Å². The number of hydrogen-bond acceptors (Lipinski definition) is 4. The number of nitrogens with one attached hydrogen (secondary N) is 1. The number of amides is 3. The molecule has 3 aliphatic rings. The Kier molecular flexibility index (Phi) is 4.24. The summed E-state index contributed by atoms with van der Waals surface area (Å²) in [4.78, 5) is 40.3. The van der Waals surface area contributed by atoms with Crippen LogP contribution in [-0.2, 0) is 16.1 Å². The summed E-state index contributed by atoms with van der Waals surface area (Å²) in [7, 11) is 0. The van der Waals surface area contributed by atoms with Gasteiger partial charge in [0.05, 0.1) is 0 Å². The fraction of sp³-hybridized carbons (Fsp3) is 0.571. The largest absolute Gasteiger partial charge is 0.371 e. The molecule has 6 nitrogen and oxygen atoms in total. The summed E-state index contributed by atoms with van der Waals surface area (Å²) < 4.78 is 0. The lowest BCUT2D eigenvalue weighted by Gasteiger charge is -2.29. The van der Waals surface area contributed by atoms with Crippen LogP contribution in [0.4, 0.5) is 5.69 Å². The SMILES string of the molecule is CC(C)(C)C1CCN(c2ccc3c(c2)CN(C2CCC(=O)NC2=O)C3=O)C1. The number of benzene rings is 1. The van der Waals surface area contributed by atoms with E-state index in [0.29, 0.717) is 29.9 Å². The van der Waals surface area contributed by atoms with Gasteiger partial charge in [-0.3, -0.25) is 19.7 Å². The molecule has 2 atom stereocenters. The zero-order valence-electron chi connectivity index (χ0n) is 16.2. The van der Waals surface area contributed by atoms with E-state index in [0.717, 1.165) is 24.3 Å². The average Bonchev–Trinajstić information content (AvgIpc) is 3.20. The third-order valence-electron chi connectivity index (χ3n) is 6.29. The molecule has 0 aromatic heterocycles. The zero-order chi connectivity index (χ0) is 19.3. The topological polar surface area (TPSA) is 69.7 Å². The first-order valence-electron chi connectivity index (χ1n) is 9.76. The van der Waals surface area contributed by atoms with Crippen molar-refractivity contribution in [3.63, 3.8) is 0 Å². The van der Waals surface area contributed by atoms with E-state index < -0.39 is 6.04 Å². The first-order chi connectivity index (χ1) is 12.7. The van der Waals surface area contributed by atoms with Crippen LogP contribution in [0.15, 0.2) is 18.2 Å². The number of imide groups is 1. The minimum Gasteiger partial charge on any atom is -0.371 e. The van der Waals surface area contributed by atoms with E-state index in [1.165, 1.54) is 6.42 Å². The van der Waals surface area contributed by atoms with Gasteiger partial charge in [-0.2, -0.15) is 0 Å². The maximum Gasteiger partial charge on any atom is 0.255 e. The summed E-state index contributed by atoms with van der Waals surface area (Å²) in [5.74, 6) is -0.0716. The molecule has 2 unspecified atom stereocenters. The van der Waals surface area contributed by atoms with Crippen LogP contribution in [0.25, 0.3) is 0 Å². The Hall–Kier alpha value is -2.37. The van der Waals surface area contributed by atoms with Crippen LogP contribution in [0.3, 0.4) is 0 Å². The molecule has 0 radical (unpaired) electrons. The molecule has 6 heteroatoms. The molecule has 0 aliphatic carbocycles. The Morgan fingerprint density at radius 1 is 1.11 bits per heavy atom. The quantitative estimate of drug-likeness (QED) is 0.813. The van der Waals surface area contributed by atoms with E-state index in [2.05, 4.69) is 37.1 Å². The molecule has 0 spiro atoms. The van der Waals surface area contributed by atoms with Gasteiger partial charge in [0, 0.05) is 37.3 Å². The maximum atomic E-state index is 12.8. The number of carbonyl (C=O) groups excluding carboxylic acids is 3. The average molecular weight is 369 g/mol. The third-order valence-corrected chi connectivity index (χ3v) is 6.29. The minimum absolute atomic E-state index is 0.111. The second-order valence-electron chi connectivity index (χ2n) is 9.04. The highest BCUT2D eigenvalue weighted by Gasteiger charge is 2.39. The van der Waals surface area contributed by atoms with Crippen LogP contribution >= 0.6 is 0 Å². The fourth-order valence-electron chi connectivity index (χ4n) is 4.46. The van der Waals surface area contributed by atoms with Crippen molar-refractivity contribution < 1.29 is 14.4 Å². The molecule has 1 aromatic rings. The Morgan fingerprint density at radius 2 is 1.89 bits per heavy atom. The Morgan fingerprint density at radius 3 is 2.56 bits per heavy atom. The summed E-state index contributed by atoms with van der Waals surface area (Å²) in [5, 5.41) is 2.35. The number of piperidine rings is 1. The van der Waals surface area contributed by atoms with Crippen LogP contribution in [0.2, 0.25) is 0 Å². The van der Waals surface area contributed by atoms with Gasteiger partial charge in [0.1, 0.15) is 6.04 Å². The van der Waals surface area contributed by atoms with Crippen molar-refractivity contribution in [3.05, 3.63) is 29.3 Å². The van der Waals surface area contributed by atoms with Gasteiger partial charge in [-0.05, 0) is 47.9 Å². The van der Waals surface area contributed by atoms with Crippen molar-refractivity contribution in [3.8, 4) is 0 Å². The van der Waals surface area contributed by atoms with Crippen LogP contribution in [0, 0.1) is 11.3 Å². The van der Waals surface area contributed by atoms with Gasteiger partial charge in [0.2, 0.25) is 11.8 Å². The highest BCUT2D eigenvalue weighted by molar-refractivity contribution is 6.05. The van der Waals surface area contributed by atoms with E-state index in [1.54, 1.807) is 4.90 Å². The number of hydrogen-bond donors (Lipinski definition) is 1. The van der Waals surface area contributed by atoms with Gasteiger partial charge in [0.25, 0.3) is 5.91 Å². The lowest BCUT2D eigenvalue weighted by Crippen LogP contribution is -2.52. The molecule has 1 aromatic carbocycles. The monoisotopic (exact) mass is 369 g/mol. The van der Waals surface area contributed by atoms with E-state index >= 15 is 0 Å². The van der Waals surface area contributed by atoms with Crippen molar-refractivity contribution in [2.45, 2.75) is 52.6 Å². The number of anilines is 1. The molecule has 0 saturated carbocycles. The Balaban J connectivity index is 1.52. The summed E-state index contributed by atoms with van der Waals surface area (Å²) in [5.41, 5.74) is 3.10. The third kappa shape index (κ3) is 3.22. The second kappa shape index (κ2) is 6.36. The van der Waals surface area contributed by atoms with Crippen molar-refractivity contribution >= 4 is 23.4 Å². The smallest absolute Gasteiger partial charge is 0.255 e. The van der Waals surface area contributed by atoms with Gasteiger partial charge in [0.15, 0.2) is 0 Å². The number of carbonyl (C=O) groups is 3. The molecule has 1 N–H and O–H groups in total. The van der Waals surface area contributed by atoms with Gasteiger partial charge in [-0.25, -0.2) is 0 Å². The molecule has 144 valence electrons. The lowest BCUT2D eigenvalue weighted by molar-refractivity contribution is -0.136. The lowest BCUT2D eigenvalue weighted by atomic mass is 9.80. The van der Waals surface area contributed by atoms with Gasteiger partial charge >= 0.3 is 0 Å². The van der Waals surface area contributed by atoms with Gasteiger partial charge in [-0.15, -0.1) is 0 Å². The predicted molar refractivity (Wildman–Crippen MR) is 102 cm³/mol. The minimum atomic E-state index is -0.553. The van der Waals surface area contributed by atoms with Crippen LogP contribution in [0.5, 0.6) is 0 Å². The summed E-state index contributed by atoms with van der Waals surface area (Å²) in [6.45, 7) is 9.38. The fourth-order valence-corrected chi connectivity index (χ4v) is 4.46. The van der Waals surface area contributed by atoms with Crippen LogP contribution < -0.4 is 10.2 Å². The molecule has 2 fully saturated rings. The molecule has 0 bridgehead atoms. The predicted octanol–water partition coefficient (Wildman–Crippen LogP) is 2.32. The standard InChI is InChI=1S/C21H27N3O3/c1-21(2,3)14-8-9-23(12-14)15-4-5-16-13(10-15)11-24(20(16)27)17-6-7-18(25)22-19(17)26/h4-5,10,14,17H,6-9,11-12H2,1-3H3,(H,22,25,26). The highest BCUT2D eigenvalue weighted by Crippen LogP contribution is 2.37. The van der Waals surface area contributed by atoms with Crippen molar-refractivity contribution in [1.82, 2.24) is 10.2 Å². The maximum absolute atomic E-state index is 12.8. The number of rotatable bonds is 2. The molecule has 3 heterocycles. The summed E-state index contributed by atoms with van der Waals surface area (Å²) >= 11 is 0. The zero-order valence-corrected chi connectivity index (χ0v) is 16.2. The van der Waals surface area contributed by atoms with E-state index in [4.69, 9.17) is 0 Å². The molecular weight excluding hydrogens is 342 g/mol. The van der Waals surface area contributed by atoms with E-state index in [1.807, 2.05) is 12.1 Å². The van der Waals surface area contributed by atoms with Crippen molar-refractivity contribution in [2.24, 2.45) is 11.3 Å². The Bertz CT molecular complexity index is 811. The number of nitrogens with zero attached hydrogens (tertiary/aromatic N) is 2. The summed E-state index contributed by atoms with van der Waals surface area (Å²) in [6.07, 6.45) is 1.86. The molecule has 27 heavy (non-hydrogen) atoms. The first-order valence-corrected chi connectivity index (χ1v) is 9.76. The van der Waals surface area contributed by atoms with Crippen molar-refractivity contribution in [2.75, 3.05) is 18.0 Å². The molecule has 4 rings (SSSR count). The van der Waals surface area contributed by atoms with E-state index in [-0.39, 0.29) is 24.1 Å². The van der Waals surface area contributed by atoms with Crippen molar-refractivity contribution in [1.29, 1.82) is 0 Å². The summed E-state index contributed by atoms with van der Waals surface area (Å²) in [6, 6.07) is 5.46. The van der Waals surface area contributed by atoms with Gasteiger partial charge < -0.3 is 9.80 Å². The molecular formula is C21H27N3O3. The first kappa shape index (κ1) is 18.0. The molecule has 2 saturated heterocycles. The number of fused-ring (bicyclic) bond motifs is 1. The second-order valence-corrected chi connectivity index (χ2v) is 9.04. The van der Waals surface area contributed by atoms with Crippen LogP contribution in [0.1, 0.15) is 56.0 Å². The Labute approximate surface area is 159 Å². The highest BCUT2D eigenvalue weighted by atomic mass is 16.2. The van der Waals surface area contributed by atoms with Crippen LogP contribution in [-0.4, -0.2) is 41.8 Å². The molecule has 3 aliphatic heterocycles. The normalized spacial score (nSPS) is 25.8. The van der Waals surface area contributed by atoms with Gasteiger partial charge in [-0.1, -0.05) is 20.8 Å².